The number of nitrogens with zero attached hydrogens (tertiary/aromatic N) is 2. The Morgan fingerprint density at radius 1 is 1.26 bits per heavy atom. The van der Waals surface area contributed by atoms with Gasteiger partial charge in [-0.3, -0.25) is 4.79 Å². The van der Waals surface area contributed by atoms with Crippen LogP contribution in [0.2, 0.25) is 0 Å². The first-order chi connectivity index (χ1) is 9.04. The van der Waals surface area contributed by atoms with Gasteiger partial charge in [-0.15, -0.1) is 0 Å². The van der Waals surface area contributed by atoms with E-state index in [9.17, 15) is 4.79 Å². The summed E-state index contributed by atoms with van der Waals surface area (Å²) in [5, 5.41) is 7.32. The Hall–Kier alpha value is -2.30. The third kappa shape index (κ3) is 1.97. The average molecular weight is 256 g/mol. The number of anilines is 2. The van der Waals surface area contributed by atoms with Crippen molar-refractivity contribution in [3.8, 4) is 5.69 Å². The molecule has 5 nitrogen and oxygen atoms in total. The van der Waals surface area contributed by atoms with Crippen molar-refractivity contribution in [1.29, 1.82) is 0 Å². The number of fused-ring (bicyclic) bond motifs is 1. The summed E-state index contributed by atoms with van der Waals surface area (Å²) in [6, 6.07) is 5.83. The van der Waals surface area contributed by atoms with Gasteiger partial charge in [0.1, 0.15) is 0 Å². The van der Waals surface area contributed by atoms with Gasteiger partial charge in [0.2, 0.25) is 5.91 Å². The molecule has 0 spiro atoms. The molecule has 1 aliphatic rings. The highest BCUT2D eigenvalue weighted by Crippen LogP contribution is 2.30. The van der Waals surface area contributed by atoms with E-state index in [0.717, 1.165) is 34.7 Å². The maximum absolute atomic E-state index is 11.5. The molecule has 1 aliphatic heterocycles. The number of carbonyl (C=O) groups is 1. The lowest BCUT2D eigenvalue weighted by atomic mass is 10.0. The number of aromatic nitrogens is 2. The smallest absolute Gasteiger partial charge is 0.224 e. The first-order valence-corrected chi connectivity index (χ1v) is 6.30. The van der Waals surface area contributed by atoms with Crippen molar-refractivity contribution in [1.82, 2.24) is 9.78 Å². The highest BCUT2D eigenvalue weighted by Gasteiger charge is 2.18. The number of amides is 1. The molecule has 0 saturated carbocycles. The summed E-state index contributed by atoms with van der Waals surface area (Å²) in [7, 11) is 0. The number of hydrogen-bond donors (Lipinski definition) is 2. The van der Waals surface area contributed by atoms with Crippen molar-refractivity contribution in [3.63, 3.8) is 0 Å². The maximum Gasteiger partial charge on any atom is 0.224 e. The lowest BCUT2D eigenvalue weighted by Gasteiger charge is -2.19. The fourth-order valence-electron chi connectivity index (χ4n) is 2.49. The van der Waals surface area contributed by atoms with Crippen molar-refractivity contribution in [3.05, 3.63) is 35.2 Å². The van der Waals surface area contributed by atoms with Crippen LogP contribution in [0.4, 0.5) is 11.4 Å². The van der Waals surface area contributed by atoms with Crippen LogP contribution in [0.15, 0.2) is 18.2 Å². The third-order valence-electron chi connectivity index (χ3n) is 3.39. The molecule has 19 heavy (non-hydrogen) atoms. The summed E-state index contributed by atoms with van der Waals surface area (Å²) >= 11 is 0. The topological polar surface area (TPSA) is 72.9 Å². The van der Waals surface area contributed by atoms with Crippen LogP contribution in [0.25, 0.3) is 5.69 Å². The predicted molar refractivity (Wildman–Crippen MR) is 74.4 cm³/mol. The number of nitrogen functional groups attached to an aromatic ring is 1. The molecule has 0 bridgehead atoms. The Balaban J connectivity index is 2.14. The zero-order valence-electron chi connectivity index (χ0n) is 11.0. The van der Waals surface area contributed by atoms with E-state index in [1.54, 1.807) is 0 Å². The highest BCUT2D eigenvalue weighted by atomic mass is 16.1. The lowest BCUT2D eigenvalue weighted by Crippen LogP contribution is -2.20. The Bertz CT molecular complexity index is 672. The Labute approximate surface area is 111 Å². The van der Waals surface area contributed by atoms with E-state index in [4.69, 9.17) is 5.73 Å². The Morgan fingerprint density at radius 2 is 2.05 bits per heavy atom. The zero-order valence-corrected chi connectivity index (χ0v) is 11.0. The van der Waals surface area contributed by atoms with Gasteiger partial charge in [0.15, 0.2) is 0 Å². The molecule has 0 aliphatic carbocycles. The molecule has 0 atom stereocenters. The van der Waals surface area contributed by atoms with Crippen molar-refractivity contribution in [2.45, 2.75) is 26.7 Å². The molecule has 98 valence electrons. The lowest BCUT2D eigenvalue weighted by molar-refractivity contribution is -0.116. The molecule has 2 aromatic rings. The summed E-state index contributed by atoms with van der Waals surface area (Å²) < 4.78 is 1.81. The molecule has 1 aromatic heterocycles. The Morgan fingerprint density at radius 3 is 2.74 bits per heavy atom. The predicted octanol–water partition coefficient (Wildman–Crippen LogP) is 1.96. The van der Waals surface area contributed by atoms with E-state index >= 15 is 0 Å². The van der Waals surface area contributed by atoms with Crippen LogP contribution in [0.3, 0.4) is 0 Å². The van der Waals surface area contributed by atoms with Gasteiger partial charge in [-0.25, -0.2) is 4.68 Å². The standard InChI is InChI=1S/C14H16N4O/c1-8-5-9(2)18(17-8)13-7-12-10(6-11(13)15)3-4-14(19)16-12/h5-7H,3-4,15H2,1-2H3,(H,16,19). The zero-order chi connectivity index (χ0) is 13.6. The molecule has 3 rings (SSSR count). The fraction of sp³-hybridized carbons (Fsp3) is 0.286. The number of carbonyl (C=O) groups excluding carboxylic acids is 1. The van der Waals surface area contributed by atoms with Gasteiger partial charge >= 0.3 is 0 Å². The van der Waals surface area contributed by atoms with Crippen LogP contribution in [0, 0.1) is 13.8 Å². The van der Waals surface area contributed by atoms with Gasteiger partial charge < -0.3 is 11.1 Å². The van der Waals surface area contributed by atoms with Crippen LogP contribution >= 0.6 is 0 Å². The normalized spacial score (nSPS) is 14.1. The van der Waals surface area contributed by atoms with Crippen molar-refractivity contribution in [2.24, 2.45) is 0 Å². The summed E-state index contributed by atoms with van der Waals surface area (Å²) in [6.07, 6.45) is 1.26. The monoisotopic (exact) mass is 256 g/mol. The van der Waals surface area contributed by atoms with Crippen LogP contribution in [-0.2, 0) is 11.2 Å². The van der Waals surface area contributed by atoms with E-state index in [1.165, 1.54) is 0 Å². The Kier molecular flexibility index (Phi) is 2.55. The SMILES string of the molecule is Cc1cc(C)n(-c2cc3c(cc2N)CCC(=O)N3)n1. The van der Waals surface area contributed by atoms with Gasteiger partial charge in [0, 0.05) is 17.8 Å². The molecule has 3 N–H and O–H groups in total. The summed E-state index contributed by atoms with van der Waals surface area (Å²) in [5.41, 5.74) is 11.5. The first kappa shape index (κ1) is 11.8. The van der Waals surface area contributed by atoms with Gasteiger partial charge in [-0.05, 0) is 44.0 Å². The minimum Gasteiger partial charge on any atom is -0.397 e. The minimum absolute atomic E-state index is 0.0524. The number of benzene rings is 1. The van der Waals surface area contributed by atoms with Crippen LogP contribution in [0.5, 0.6) is 0 Å². The van der Waals surface area contributed by atoms with Gasteiger partial charge in [-0.2, -0.15) is 5.10 Å². The van der Waals surface area contributed by atoms with Crippen molar-refractivity contribution >= 4 is 17.3 Å². The molecule has 5 heteroatoms. The quantitative estimate of drug-likeness (QED) is 0.766. The van der Waals surface area contributed by atoms with Gasteiger partial charge in [0.05, 0.1) is 17.1 Å². The summed E-state index contributed by atoms with van der Waals surface area (Å²) in [5.74, 6) is 0.0524. The number of nitrogens with one attached hydrogen (secondary N) is 1. The second-order valence-electron chi connectivity index (χ2n) is 4.96. The maximum atomic E-state index is 11.5. The third-order valence-corrected chi connectivity index (χ3v) is 3.39. The van der Waals surface area contributed by atoms with E-state index in [0.29, 0.717) is 12.1 Å². The molecule has 2 heterocycles. The van der Waals surface area contributed by atoms with Crippen LogP contribution in [-0.4, -0.2) is 15.7 Å². The van der Waals surface area contributed by atoms with Crippen LogP contribution in [0.1, 0.15) is 23.4 Å². The van der Waals surface area contributed by atoms with Crippen molar-refractivity contribution < 1.29 is 4.79 Å². The molecule has 0 radical (unpaired) electrons. The number of nitrogens with two attached hydrogens (primary N) is 1. The summed E-state index contributed by atoms with van der Waals surface area (Å²) in [6.45, 7) is 3.93. The molecule has 0 saturated heterocycles. The van der Waals surface area contributed by atoms with Crippen LogP contribution < -0.4 is 11.1 Å². The summed E-state index contributed by atoms with van der Waals surface area (Å²) in [4.78, 5) is 11.5. The van der Waals surface area contributed by atoms with Gasteiger partial charge in [-0.1, -0.05) is 0 Å². The highest BCUT2D eigenvalue weighted by molar-refractivity contribution is 5.95. The van der Waals surface area contributed by atoms with E-state index in [1.807, 2.05) is 36.7 Å². The molecular weight excluding hydrogens is 240 g/mol. The molecule has 0 unspecified atom stereocenters. The number of aryl methyl sites for hydroxylation is 3. The first-order valence-electron chi connectivity index (χ1n) is 6.30. The second-order valence-corrected chi connectivity index (χ2v) is 4.96. The van der Waals surface area contributed by atoms with E-state index in [2.05, 4.69) is 10.4 Å². The largest absolute Gasteiger partial charge is 0.397 e. The van der Waals surface area contributed by atoms with Crippen molar-refractivity contribution in [2.75, 3.05) is 11.1 Å². The van der Waals surface area contributed by atoms with Gasteiger partial charge in [0.25, 0.3) is 0 Å². The molecule has 1 aromatic carbocycles. The molecule has 1 amide bonds. The fourth-order valence-corrected chi connectivity index (χ4v) is 2.49. The van der Waals surface area contributed by atoms with E-state index < -0.39 is 0 Å². The average Bonchev–Trinajstić information content (AvgIpc) is 2.68. The number of rotatable bonds is 1. The second kappa shape index (κ2) is 4.12. The minimum atomic E-state index is 0.0524. The van der Waals surface area contributed by atoms with E-state index in [-0.39, 0.29) is 5.91 Å². The molecule has 0 fully saturated rings. The number of hydrogen-bond acceptors (Lipinski definition) is 3. The molecular formula is C14H16N4O.